The van der Waals surface area contributed by atoms with Gasteiger partial charge in [-0.25, -0.2) is 0 Å². The molecule has 5 nitrogen and oxygen atoms in total. The molecule has 0 saturated heterocycles. The minimum atomic E-state index is 0.301. The molecule has 3 N–H and O–H groups in total. The van der Waals surface area contributed by atoms with Crippen molar-refractivity contribution in [2.45, 2.75) is 108 Å². The van der Waals surface area contributed by atoms with Crippen LogP contribution in [0.1, 0.15) is 102 Å². The first-order valence-electron chi connectivity index (χ1n) is 13.2. The van der Waals surface area contributed by atoms with Crippen LogP contribution in [0.5, 0.6) is 0 Å². The fourth-order valence-corrected chi connectivity index (χ4v) is 2.56. The molecule has 1 amide bonds. The molecule has 0 saturated carbocycles. The van der Waals surface area contributed by atoms with Crippen molar-refractivity contribution >= 4 is 6.41 Å². The van der Waals surface area contributed by atoms with Crippen molar-refractivity contribution in [3.63, 3.8) is 0 Å². The molecule has 0 radical (unpaired) electrons. The average Bonchev–Trinajstić information content (AvgIpc) is 2.89. The minimum absolute atomic E-state index is 0.301. The highest BCUT2D eigenvalue weighted by Crippen LogP contribution is 2.29. The van der Waals surface area contributed by atoms with E-state index in [1.807, 2.05) is 55.7 Å². The molecule has 2 unspecified atom stereocenters. The van der Waals surface area contributed by atoms with Crippen molar-refractivity contribution in [3.05, 3.63) is 23.8 Å². The van der Waals surface area contributed by atoms with Gasteiger partial charge in [0.05, 0.1) is 6.10 Å². The lowest BCUT2D eigenvalue weighted by molar-refractivity contribution is -0.109. The van der Waals surface area contributed by atoms with Crippen LogP contribution in [0.25, 0.3) is 0 Å². The number of carbonyl (C=O) groups is 1. The summed E-state index contributed by atoms with van der Waals surface area (Å²) in [6.07, 6.45) is 12.8. The fraction of sp³-hybridized carbons (Fsp3) is 0.821. The number of hydrogen-bond acceptors (Lipinski definition) is 4. The predicted octanol–water partition coefficient (Wildman–Crippen LogP) is 7.02. The zero-order chi connectivity index (χ0) is 27.5. The molecule has 5 heteroatoms. The van der Waals surface area contributed by atoms with Gasteiger partial charge in [-0.05, 0) is 25.0 Å². The first-order chi connectivity index (χ1) is 16.0. The van der Waals surface area contributed by atoms with E-state index < -0.39 is 0 Å². The van der Waals surface area contributed by atoms with E-state index in [0.717, 1.165) is 20.1 Å². The zero-order valence-corrected chi connectivity index (χ0v) is 25.0. The molecule has 1 aliphatic rings. The molecule has 0 aromatic carbocycles. The quantitative estimate of drug-likeness (QED) is 0.247. The summed E-state index contributed by atoms with van der Waals surface area (Å²) in [4.78, 5) is 9.54. The monoisotopic (exact) mass is 476 g/mol. The number of amides is 1. The summed E-state index contributed by atoms with van der Waals surface area (Å²) < 4.78 is 5.55. The lowest BCUT2D eigenvalue weighted by Gasteiger charge is -2.30. The smallest absolute Gasteiger partial charge is 0.207 e. The SMILES string of the molecule is CC.CC.CC.CCC1=CC=CC(C(C)C)C1OC.CCCCC.CNCCNC=O.CO. The summed E-state index contributed by atoms with van der Waals surface area (Å²) >= 11 is 0. The molecule has 0 aliphatic heterocycles. The van der Waals surface area contributed by atoms with Gasteiger partial charge in [0.15, 0.2) is 0 Å². The van der Waals surface area contributed by atoms with Crippen LogP contribution >= 0.6 is 0 Å². The molecular weight excluding hydrogens is 412 g/mol. The Morgan fingerprint density at radius 1 is 1.00 bits per heavy atom. The molecule has 2 atom stereocenters. The van der Waals surface area contributed by atoms with Crippen LogP contribution in [0.3, 0.4) is 0 Å². The number of ether oxygens (including phenoxy) is 1. The van der Waals surface area contributed by atoms with Gasteiger partial charge < -0.3 is 20.5 Å². The minimum Gasteiger partial charge on any atom is -0.400 e. The average molecular weight is 477 g/mol. The molecule has 0 spiro atoms. The van der Waals surface area contributed by atoms with Crippen LogP contribution in [0.15, 0.2) is 23.8 Å². The third-order valence-corrected chi connectivity index (χ3v) is 4.10. The van der Waals surface area contributed by atoms with Gasteiger partial charge in [-0.15, -0.1) is 0 Å². The Hall–Kier alpha value is -1.17. The summed E-state index contributed by atoms with van der Waals surface area (Å²) in [6, 6.07) is 0. The highest BCUT2D eigenvalue weighted by atomic mass is 16.5. The van der Waals surface area contributed by atoms with E-state index in [2.05, 4.69) is 63.5 Å². The van der Waals surface area contributed by atoms with E-state index in [0.29, 0.717) is 30.9 Å². The van der Waals surface area contributed by atoms with E-state index in [1.54, 1.807) is 0 Å². The fourth-order valence-electron chi connectivity index (χ4n) is 2.56. The number of rotatable bonds is 9. The highest BCUT2D eigenvalue weighted by molar-refractivity contribution is 5.45. The summed E-state index contributed by atoms with van der Waals surface area (Å²) in [7, 11) is 4.65. The second-order valence-corrected chi connectivity index (χ2v) is 6.49. The first kappa shape index (κ1) is 45.3. The maximum atomic E-state index is 9.54. The molecule has 33 heavy (non-hydrogen) atoms. The molecule has 0 fully saturated rings. The maximum absolute atomic E-state index is 9.54. The number of allylic oxidation sites excluding steroid dienone is 2. The summed E-state index contributed by atoms with van der Waals surface area (Å²) in [5, 5.41) is 12.4. The van der Waals surface area contributed by atoms with E-state index in [-0.39, 0.29) is 0 Å². The van der Waals surface area contributed by atoms with Crippen molar-refractivity contribution in [2.24, 2.45) is 11.8 Å². The third-order valence-electron chi connectivity index (χ3n) is 4.10. The van der Waals surface area contributed by atoms with Crippen molar-refractivity contribution < 1.29 is 14.6 Å². The van der Waals surface area contributed by atoms with Gasteiger partial charge in [-0.3, -0.25) is 4.79 Å². The number of methoxy groups -OCH3 is 1. The van der Waals surface area contributed by atoms with E-state index in [1.165, 1.54) is 24.8 Å². The van der Waals surface area contributed by atoms with Gasteiger partial charge in [0.2, 0.25) is 6.41 Å². The van der Waals surface area contributed by atoms with E-state index >= 15 is 0 Å². The number of carbonyl (C=O) groups excluding carboxylic acids is 1. The number of unbranched alkanes of at least 4 members (excludes halogenated alkanes) is 2. The summed E-state index contributed by atoms with van der Waals surface area (Å²) in [6.45, 7) is 24.7. The van der Waals surface area contributed by atoms with E-state index in [9.17, 15) is 4.79 Å². The third kappa shape index (κ3) is 35.6. The molecule has 0 aromatic rings. The molecule has 0 bridgehead atoms. The predicted molar refractivity (Wildman–Crippen MR) is 152 cm³/mol. The number of nitrogens with one attached hydrogen (secondary N) is 2. The summed E-state index contributed by atoms with van der Waals surface area (Å²) in [5.41, 5.74) is 1.42. The van der Waals surface area contributed by atoms with Crippen molar-refractivity contribution in [1.29, 1.82) is 0 Å². The molecule has 0 aromatic heterocycles. The van der Waals surface area contributed by atoms with E-state index in [4.69, 9.17) is 9.84 Å². The Balaban J connectivity index is -0.0000000778. The Bertz CT molecular complexity index is 355. The topological polar surface area (TPSA) is 70.6 Å². The van der Waals surface area contributed by atoms with Crippen molar-refractivity contribution in [3.8, 4) is 0 Å². The molecule has 1 aliphatic carbocycles. The normalized spacial score (nSPS) is 14.7. The second kappa shape index (κ2) is 48.3. The Morgan fingerprint density at radius 3 is 1.76 bits per heavy atom. The molecule has 0 heterocycles. The van der Waals surface area contributed by atoms with Gasteiger partial charge in [0.25, 0.3) is 0 Å². The van der Waals surface area contributed by atoms with Gasteiger partial charge >= 0.3 is 0 Å². The number of aliphatic hydroxyl groups excluding tert-OH is 1. The Labute approximate surface area is 209 Å². The Kier molecular flexibility index (Phi) is 66.4. The number of aliphatic hydroxyl groups is 1. The van der Waals surface area contributed by atoms with Crippen molar-refractivity contribution in [1.82, 2.24) is 10.6 Å². The zero-order valence-electron chi connectivity index (χ0n) is 25.0. The maximum Gasteiger partial charge on any atom is 0.207 e. The molecular formula is C28H64N2O3. The van der Waals surface area contributed by atoms with Gasteiger partial charge in [-0.2, -0.15) is 0 Å². The molecule has 1 rings (SSSR count). The second-order valence-electron chi connectivity index (χ2n) is 6.49. The number of likely N-dealkylation sites (N-methyl/N-ethyl adjacent to an activating group) is 1. The Morgan fingerprint density at radius 2 is 1.48 bits per heavy atom. The molecule has 204 valence electrons. The van der Waals surface area contributed by atoms with Crippen LogP contribution in [0.4, 0.5) is 0 Å². The van der Waals surface area contributed by atoms with Crippen LogP contribution in [0.2, 0.25) is 0 Å². The van der Waals surface area contributed by atoms with Crippen LogP contribution in [-0.4, -0.2) is 52.0 Å². The standard InChI is InChI=1S/C12H20O.C5H12.C4H10N2O.3C2H6.CH4O/c1-5-10-7-6-8-11(9(2)3)12(10)13-4;1-3-5-4-2;1-5-2-3-6-4-7;4*1-2/h6-9,11-12H,5H2,1-4H3;3-5H2,1-2H3;4-5H,2-3H2,1H3,(H,6,7);3*1-2H3;2H,1H3. The van der Waals surface area contributed by atoms with Crippen LogP contribution in [0, 0.1) is 11.8 Å². The largest absolute Gasteiger partial charge is 0.400 e. The number of hydrogen-bond donors (Lipinski definition) is 3. The lowest BCUT2D eigenvalue weighted by Crippen LogP contribution is -2.29. The highest BCUT2D eigenvalue weighted by Gasteiger charge is 2.26. The van der Waals surface area contributed by atoms with Gasteiger partial charge in [-0.1, -0.05) is 114 Å². The van der Waals surface area contributed by atoms with Crippen LogP contribution in [-0.2, 0) is 9.53 Å². The van der Waals surface area contributed by atoms with Gasteiger partial charge in [0.1, 0.15) is 0 Å². The van der Waals surface area contributed by atoms with Crippen molar-refractivity contribution in [2.75, 3.05) is 34.4 Å². The lowest BCUT2D eigenvalue weighted by atomic mass is 9.82. The first-order valence-corrected chi connectivity index (χ1v) is 13.2. The van der Waals surface area contributed by atoms with Crippen LogP contribution < -0.4 is 10.6 Å². The van der Waals surface area contributed by atoms with Gasteiger partial charge in [0, 0.05) is 33.2 Å². The summed E-state index contributed by atoms with van der Waals surface area (Å²) in [5.74, 6) is 1.20.